The average Bonchev–Trinajstić information content (AvgIpc) is 2.74. The van der Waals surface area contributed by atoms with Gasteiger partial charge in [0.05, 0.1) is 5.69 Å². The monoisotopic (exact) mass is 215 g/mol. The van der Waals surface area contributed by atoms with Gasteiger partial charge >= 0.3 is 0 Å². The van der Waals surface area contributed by atoms with E-state index in [4.69, 9.17) is 0 Å². The van der Waals surface area contributed by atoms with Crippen molar-refractivity contribution in [2.24, 2.45) is 7.05 Å². The van der Waals surface area contributed by atoms with E-state index in [1.165, 1.54) is 11.1 Å². The van der Waals surface area contributed by atoms with Gasteiger partial charge in [-0.1, -0.05) is 24.3 Å². The number of rotatable bonds is 4. The van der Waals surface area contributed by atoms with E-state index in [2.05, 4.69) is 34.7 Å². The van der Waals surface area contributed by atoms with E-state index in [0.717, 1.165) is 18.7 Å². The molecule has 3 nitrogen and oxygen atoms in total. The van der Waals surface area contributed by atoms with E-state index >= 15 is 0 Å². The molecule has 0 aliphatic rings. The molecule has 0 unspecified atom stereocenters. The zero-order valence-corrected chi connectivity index (χ0v) is 9.77. The van der Waals surface area contributed by atoms with E-state index in [0.29, 0.717) is 0 Å². The van der Waals surface area contributed by atoms with Gasteiger partial charge < -0.3 is 5.32 Å². The molecule has 1 heterocycles. The van der Waals surface area contributed by atoms with Crippen LogP contribution in [0, 0.1) is 0 Å². The van der Waals surface area contributed by atoms with Crippen LogP contribution in [0.1, 0.15) is 5.56 Å². The second-order valence-electron chi connectivity index (χ2n) is 3.89. The summed E-state index contributed by atoms with van der Waals surface area (Å²) < 4.78 is 1.89. The third-order valence-corrected chi connectivity index (χ3v) is 2.73. The van der Waals surface area contributed by atoms with E-state index in [9.17, 15) is 0 Å². The van der Waals surface area contributed by atoms with Gasteiger partial charge in [-0.2, -0.15) is 5.10 Å². The van der Waals surface area contributed by atoms with Crippen LogP contribution < -0.4 is 5.32 Å². The van der Waals surface area contributed by atoms with Gasteiger partial charge in [-0.15, -0.1) is 0 Å². The summed E-state index contributed by atoms with van der Waals surface area (Å²) in [5.74, 6) is 0. The van der Waals surface area contributed by atoms with E-state index in [1.54, 1.807) is 0 Å². The number of hydrogen-bond acceptors (Lipinski definition) is 2. The van der Waals surface area contributed by atoms with Gasteiger partial charge in [0.2, 0.25) is 0 Å². The SMILES string of the molecule is CNCCc1ccc(-c2ccnn2C)cc1. The molecule has 0 spiro atoms. The summed E-state index contributed by atoms with van der Waals surface area (Å²) >= 11 is 0. The summed E-state index contributed by atoms with van der Waals surface area (Å²) in [5, 5.41) is 7.33. The highest BCUT2D eigenvalue weighted by Gasteiger charge is 2.01. The summed E-state index contributed by atoms with van der Waals surface area (Å²) in [5.41, 5.74) is 3.73. The topological polar surface area (TPSA) is 29.9 Å². The third kappa shape index (κ3) is 2.31. The summed E-state index contributed by atoms with van der Waals surface area (Å²) in [6.07, 6.45) is 2.90. The van der Waals surface area contributed by atoms with Gasteiger partial charge in [-0.05, 0) is 37.2 Å². The number of hydrogen-bond donors (Lipinski definition) is 1. The minimum absolute atomic E-state index is 1.02. The van der Waals surface area contributed by atoms with Crippen LogP contribution in [-0.2, 0) is 13.5 Å². The number of benzene rings is 1. The fourth-order valence-corrected chi connectivity index (χ4v) is 1.77. The van der Waals surface area contributed by atoms with E-state index in [-0.39, 0.29) is 0 Å². The molecular formula is C13H17N3. The van der Waals surface area contributed by atoms with Crippen LogP contribution in [0.15, 0.2) is 36.5 Å². The highest BCUT2D eigenvalue weighted by Crippen LogP contribution is 2.18. The van der Waals surface area contributed by atoms with E-state index < -0.39 is 0 Å². The van der Waals surface area contributed by atoms with Crippen molar-refractivity contribution in [2.45, 2.75) is 6.42 Å². The van der Waals surface area contributed by atoms with Crippen molar-refractivity contribution in [3.63, 3.8) is 0 Å². The highest BCUT2D eigenvalue weighted by molar-refractivity contribution is 5.59. The minimum Gasteiger partial charge on any atom is -0.319 e. The molecule has 0 atom stereocenters. The molecule has 3 heteroatoms. The lowest BCUT2D eigenvalue weighted by molar-refractivity contribution is 0.775. The molecule has 0 saturated carbocycles. The Balaban J connectivity index is 2.16. The van der Waals surface area contributed by atoms with Crippen molar-refractivity contribution in [3.05, 3.63) is 42.1 Å². The Labute approximate surface area is 96.1 Å². The molecule has 0 aliphatic heterocycles. The van der Waals surface area contributed by atoms with Crippen LogP contribution in [0.5, 0.6) is 0 Å². The van der Waals surface area contributed by atoms with Crippen LogP contribution in [0.3, 0.4) is 0 Å². The molecule has 1 N–H and O–H groups in total. The summed E-state index contributed by atoms with van der Waals surface area (Å²) in [7, 11) is 3.94. The van der Waals surface area contributed by atoms with Crippen molar-refractivity contribution < 1.29 is 0 Å². The largest absolute Gasteiger partial charge is 0.319 e. The predicted octanol–water partition coefficient (Wildman–Crippen LogP) is 1.85. The van der Waals surface area contributed by atoms with Gasteiger partial charge in [0.1, 0.15) is 0 Å². The van der Waals surface area contributed by atoms with Crippen molar-refractivity contribution in [1.29, 1.82) is 0 Å². The minimum atomic E-state index is 1.02. The standard InChI is InChI=1S/C13H17N3/c1-14-9-7-11-3-5-12(6-4-11)13-8-10-15-16(13)2/h3-6,8,10,14H,7,9H2,1-2H3. The van der Waals surface area contributed by atoms with Gasteiger partial charge in [0.25, 0.3) is 0 Å². The van der Waals surface area contributed by atoms with Gasteiger partial charge in [-0.25, -0.2) is 0 Å². The number of nitrogens with zero attached hydrogens (tertiary/aromatic N) is 2. The lowest BCUT2D eigenvalue weighted by Gasteiger charge is -2.04. The Bertz CT molecular complexity index is 442. The number of likely N-dealkylation sites (N-methyl/N-ethyl adjacent to an activating group) is 1. The maximum atomic E-state index is 4.17. The fraction of sp³-hybridized carbons (Fsp3) is 0.308. The number of aromatic nitrogens is 2. The number of nitrogens with one attached hydrogen (secondary N) is 1. The smallest absolute Gasteiger partial charge is 0.0678 e. The van der Waals surface area contributed by atoms with Crippen LogP contribution >= 0.6 is 0 Å². The first-order chi connectivity index (χ1) is 7.81. The Hall–Kier alpha value is -1.61. The summed E-state index contributed by atoms with van der Waals surface area (Å²) in [6.45, 7) is 1.02. The number of aryl methyl sites for hydroxylation is 1. The van der Waals surface area contributed by atoms with Crippen LogP contribution in [0.4, 0.5) is 0 Å². The molecule has 0 aliphatic carbocycles. The Kier molecular flexibility index (Phi) is 3.37. The maximum absolute atomic E-state index is 4.17. The average molecular weight is 215 g/mol. The van der Waals surface area contributed by atoms with Crippen molar-refractivity contribution in [1.82, 2.24) is 15.1 Å². The maximum Gasteiger partial charge on any atom is 0.0678 e. The lowest BCUT2D eigenvalue weighted by atomic mass is 10.1. The van der Waals surface area contributed by atoms with Gasteiger partial charge in [0.15, 0.2) is 0 Å². The molecule has 0 bridgehead atoms. The fourth-order valence-electron chi connectivity index (χ4n) is 1.77. The molecule has 0 saturated heterocycles. The third-order valence-electron chi connectivity index (χ3n) is 2.73. The van der Waals surface area contributed by atoms with Crippen LogP contribution in [0.25, 0.3) is 11.3 Å². The molecule has 1 aromatic carbocycles. The van der Waals surface area contributed by atoms with Gasteiger partial charge in [0, 0.05) is 13.2 Å². The molecule has 16 heavy (non-hydrogen) atoms. The molecule has 2 rings (SSSR count). The van der Waals surface area contributed by atoms with Crippen molar-refractivity contribution in [2.75, 3.05) is 13.6 Å². The zero-order valence-electron chi connectivity index (χ0n) is 9.77. The second-order valence-corrected chi connectivity index (χ2v) is 3.89. The Morgan fingerprint density at radius 1 is 1.19 bits per heavy atom. The van der Waals surface area contributed by atoms with Crippen LogP contribution in [0.2, 0.25) is 0 Å². The molecule has 0 amide bonds. The lowest BCUT2D eigenvalue weighted by Crippen LogP contribution is -2.10. The van der Waals surface area contributed by atoms with Crippen molar-refractivity contribution in [3.8, 4) is 11.3 Å². The first-order valence-electron chi connectivity index (χ1n) is 5.53. The molecular weight excluding hydrogens is 198 g/mol. The van der Waals surface area contributed by atoms with Crippen molar-refractivity contribution >= 4 is 0 Å². The first-order valence-corrected chi connectivity index (χ1v) is 5.53. The summed E-state index contributed by atoms with van der Waals surface area (Å²) in [4.78, 5) is 0. The van der Waals surface area contributed by atoms with Crippen LogP contribution in [-0.4, -0.2) is 23.4 Å². The highest BCUT2D eigenvalue weighted by atomic mass is 15.2. The molecule has 2 aromatic rings. The second kappa shape index (κ2) is 4.94. The molecule has 0 radical (unpaired) electrons. The zero-order chi connectivity index (χ0) is 11.4. The normalized spacial score (nSPS) is 10.6. The Morgan fingerprint density at radius 2 is 1.94 bits per heavy atom. The predicted molar refractivity (Wildman–Crippen MR) is 66.3 cm³/mol. The Morgan fingerprint density at radius 3 is 2.50 bits per heavy atom. The molecule has 1 aromatic heterocycles. The van der Waals surface area contributed by atoms with E-state index in [1.807, 2.05) is 31.0 Å². The summed E-state index contributed by atoms with van der Waals surface area (Å²) in [6, 6.07) is 10.7. The first kappa shape index (κ1) is 10.9. The molecule has 0 fully saturated rings. The molecule has 84 valence electrons. The van der Waals surface area contributed by atoms with Gasteiger partial charge in [-0.3, -0.25) is 4.68 Å². The quantitative estimate of drug-likeness (QED) is 0.843.